The zero-order valence-electron chi connectivity index (χ0n) is 12.1. The maximum absolute atomic E-state index is 11.7. The van der Waals surface area contributed by atoms with Crippen molar-refractivity contribution in [3.8, 4) is 0 Å². The molecule has 21 heavy (non-hydrogen) atoms. The second-order valence-electron chi connectivity index (χ2n) is 5.61. The third-order valence-corrected chi connectivity index (χ3v) is 3.78. The van der Waals surface area contributed by atoms with Crippen LogP contribution in [-0.2, 0) is 11.3 Å². The fraction of sp³-hybridized carbons (Fsp3) is 0.533. The zero-order chi connectivity index (χ0) is 15.2. The molecular formula is C15H20N2O4. The first kappa shape index (κ1) is 15.3. The van der Waals surface area contributed by atoms with Crippen molar-refractivity contribution < 1.29 is 14.5 Å². The predicted octanol–water partition coefficient (Wildman–Crippen LogP) is 3.40. The molecule has 0 saturated heterocycles. The number of alkyl carbamates (subject to hydrolysis) is 1. The smallest absolute Gasteiger partial charge is 0.407 e. The average molecular weight is 292 g/mol. The molecule has 1 aliphatic rings. The van der Waals surface area contributed by atoms with Crippen LogP contribution in [0.15, 0.2) is 24.3 Å². The van der Waals surface area contributed by atoms with E-state index in [1.807, 2.05) is 0 Å². The summed E-state index contributed by atoms with van der Waals surface area (Å²) >= 11 is 0. The second kappa shape index (κ2) is 7.06. The van der Waals surface area contributed by atoms with Crippen LogP contribution in [0.1, 0.15) is 38.2 Å². The van der Waals surface area contributed by atoms with Crippen molar-refractivity contribution >= 4 is 11.8 Å². The summed E-state index contributed by atoms with van der Waals surface area (Å²) in [4.78, 5) is 21.8. The number of ether oxygens (including phenoxy) is 1. The number of nitro benzene ring substituents is 1. The highest BCUT2D eigenvalue weighted by atomic mass is 16.6. The Morgan fingerprint density at radius 3 is 2.71 bits per heavy atom. The number of hydrogen-bond acceptors (Lipinski definition) is 4. The van der Waals surface area contributed by atoms with Crippen LogP contribution in [0.2, 0.25) is 0 Å². The van der Waals surface area contributed by atoms with Gasteiger partial charge in [0.15, 0.2) is 0 Å². The molecule has 1 aromatic rings. The van der Waals surface area contributed by atoms with Gasteiger partial charge in [-0.3, -0.25) is 10.1 Å². The largest absolute Gasteiger partial charge is 0.445 e. The summed E-state index contributed by atoms with van der Waals surface area (Å²) in [5, 5.41) is 13.4. The number of benzene rings is 1. The average Bonchev–Trinajstić information content (AvgIpc) is 2.45. The van der Waals surface area contributed by atoms with Gasteiger partial charge in [-0.15, -0.1) is 0 Å². The zero-order valence-corrected chi connectivity index (χ0v) is 12.1. The van der Waals surface area contributed by atoms with E-state index in [1.165, 1.54) is 18.6 Å². The van der Waals surface area contributed by atoms with E-state index >= 15 is 0 Å². The fourth-order valence-electron chi connectivity index (χ4n) is 2.64. The van der Waals surface area contributed by atoms with Gasteiger partial charge in [0.05, 0.1) is 4.92 Å². The number of rotatable bonds is 4. The van der Waals surface area contributed by atoms with E-state index in [4.69, 9.17) is 4.74 Å². The molecule has 0 heterocycles. The Morgan fingerprint density at radius 1 is 1.38 bits per heavy atom. The summed E-state index contributed by atoms with van der Waals surface area (Å²) in [7, 11) is 0. The molecule has 0 aliphatic heterocycles. The summed E-state index contributed by atoms with van der Waals surface area (Å²) < 4.78 is 5.15. The minimum atomic E-state index is -0.457. The van der Waals surface area contributed by atoms with Gasteiger partial charge in [0.25, 0.3) is 5.69 Å². The quantitative estimate of drug-likeness (QED) is 0.681. The second-order valence-corrected chi connectivity index (χ2v) is 5.61. The normalized spacial score (nSPS) is 21.6. The lowest BCUT2D eigenvalue weighted by atomic mass is 9.87. The van der Waals surface area contributed by atoms with Gasteiger partial charge in [0.1, 0.15) is 6.61 Å². The summed E-state index contributed by atoms with van der Waals surface area (Å²) in [6.45, 7) is 2.31. The van der Waals surface area contributed by atoms with E-state index in [2.05, 4.69) is 12.2 Å². The van der Waals surface area contributed by atoms with Crippen LogP contribution in [0.5, 0.6) is 0 Å². The Morgan fingerprint density at radius 2 is 2.10 bits per heavy atom. The van der Waals surface area contributed by atoms with Crippen molar-refractivity contribution in [1.82, 2.24) is 5.32 Å². The number of nitro groups is 1. The van der Waals surface area contributed by atoms with E-state index in [9.17, 15) is 14.9 Å². The lowest BCUT2D eigenvalue weighted by Gasteiger charge is -2.27. The SMILES string of the molecule is C[C@H]1CCC[C@H](NC(=O)OCc2ccc([N+](=O)[O-])cc2)C1. The van der Waals surface area contributed by atoms with Crippen LogP contribution in [0.4, 0.5) is 10.5 Å². The monoisotopic (exact) mass is 292 g/mol. The van der Waals surface area contributed by atoms with Crippen molar-refractivity contribution in [2.24, 2.45) is 5.92 Å². The Hall–Kier alpha value is -2.11. The first-order valence-electron chi connectivity index (χ1n) is 7.21. The summed E-state index contributed by atoms with van der Waals surface area (Å²) in [6, 6.07) is 6.18. The highest BCUT2D eigenvalue weighted by Crippen LogP contribution is 2.23. The van der Waals surface area contributed by atoms with Gasteiger partial charge in [-0.1, -0.05) is 19.8 Å². The van der Waals surface area contributed by atoms with E-state index in [1.54, 1.807) is 12.1 Å². The number of carbonyl (C=O) groups is 1. The lowest BCUT2D eigenvalue weighted by Crippen LogP contribution is -2.38. The molecule has 6 heteroatoms. The van der Waals surface area contributed by atoms with Crippen molar-refractivity contribution in [1.29, 1.82) is 0 Å². The van der Waals surface area contributed by atoms with Crippen LogP contribution in [0.25, 0.3) is 0 Å². The molecule has 0 unspecified atom stereocenters. The van der Waals surface area contributed by atoms with E-state index in [-0.39, 0.29) is 18.3 Å². The Labute approximate surface area is 123 Å². The van der Waals surface area contributed by atoms with Crippen LogP contribution >= 0.6 is 0 Å². The molecule has 1 amide bonds. The van der Waals surface area contributed by atoms with E-state index in [0.29, 0.717) is 5.92 Å². The van der Waals surface area contributed by atoms with Gasteiger partial charge in [-0.25, -0.2) is 4.79 Å². The van der Waals surface area contributed by atoms with Gasteiger partial charge in [-0.2, -0.15) is 0 Å². The minimum absolute atomic E-state index is 0.0272. The molecule has 0 radical (unpaired) electrons. The molecule has 2 rings (SSSR count). The topological polar surface area (TPSA) is 81.5 Å². The Kier molecular flexibility index (Phi) is 5.14. The Bertz CT molecular complexity index is 501. The van der Waals surface area contributed by atoms with Crippen molar-refractivity contribution in [2.75, 3.05) is 0 Å². The van der Waals surface area contributed by atoms with Crippen molar-refractivity contribution in [2.45, 2.75) is 45.3 Å². The molecule has 1 N–H and O–H groups in total. The van der Waals surface area contributed by atoms with Gasteiger partial charge < -0.3 is 10.1 Å². The predicted molar refractivity (Wildman–Crippen MR) is 77.8 cm³/mol. The first-order chi connectivity index (χ1) is 10.0. The number of nitrogens with zero attached hydrogens (tertiary/aromatic N) is 1. The lowest BCUT2D eigenvalue weighted by molar-refractivity contribution is -0.384. The molecule has 1 fully saturated rings. The molecule has 0 bridgehead atoms. The Balaban J connectivity index is 1.76. The van der Waals surface area contributed by atoms with Crippen LogP contribution in [-0.4, -0.2) is 17.1 Å². The molecule has 1 aromatic carbocycles. The summed E-state index contributed by atoms with van der Waals surface area (Å²) in [6.07, 6.45) is 3.92. The summed E-state index contributed by atoms with van der Waals surface area (Å²) in [5.41, 5.74) is 0.757. The molecule has 2 atom stereocenters. The third kappa shape index (κ3) is 4.73. The van der Waals surface area contributed by atoms with Gasteiger partial charge in [0.2, 0.25) is 0 Å². The molecule has 6 nitrogen and oxygen atoms in total. The van der Waals surface area contributed by atoms with Crippen LogP contribution < -0.4 is 5.32 Å². The van der Waals surface area contributed by atoms with Crippen LogP contribution in [0.3, 0.4) is 0 Å². The van der Waals surface area contributed by atoms with E-state index < -0.39 is 11.0 Å². The van der Waals surface area contributed by atoms with E-state index in [0.717, 1.165) is 24.8 Å². The van der Waals surface area contributed by atoms with Gasteiger partial charge in [-0.05, 0) is 36.5 Å². The molecule has 0 spiro atoms. The molecule has 1 saturated carbocycles. The number of amides is 1. The van der Waals surface area contributed by atoms with Crippen molar-refractivity contribution in [3.63, 3.8) is 0 Å². The fourth-order valence-corrected chi connectivity index (χ4v) is 2.64. The van der Waals surface area contributed by atoms with Crippen LogP contribution in [0, 0.1) is 16.0 Å². The third-order valence-electron chi connectivity index (χ3n) is 3.78. The number of hydrogen-bond donors (Lipinski definition) is 1. The van der Waals surface area contributed by atoms with Gasteiger partial charge in [0, 0.05) is 18.2 Å². The van der Waals surface area contributed by atoms with Crippen molar-refractivity contribution in [3.05, 3.63) is 39.9 Å². The highest BCUT2D eigenvalue weighted by molar-refractivity contribution is 5.67. The highest BCUT2D eigenvalue weighted by Gasteiger charge is 2.20. The molecule has 1 aliphatic carbocycles. The minimum Gasteiger partial charge on any atom is -0.445 e. The number of non-ortho nitro benzene ring substituents is 1. The maximum atomic E-state index is 11.7. The summed E-state index contributed by atoms with van der Waals surface area (Å²) in [5.74, 6) is 0.638. The first-order valence-corrected chi connectivity index (χ1v) is 7.21. The van der Waals surface area contributed by atoms with Gasteiger partial charge >= 0.3 is 6.09 Å². The maximum Gasteiger partial charge on any atom is 0.407 e. The number of nitrogens with one attached hydrogen (secondary N) is 1. The molecule has 114 valence electrons. The molecule has 0 aromatic heterocycles. The number of carbonyl (C=O) groups excluding carboxylic acids is 1. The molecular weight excluding hydrogens is 272 g/mol. The standard InChI is InChI=1S/C15H20N2O4/c1-11-3-2-4-13(9-11)16-15(18)21-10-12-5-7-14(8-6-12)17(19)20/h5-8,11,13H,2-4,9-10H2,1H3,(H,16,18)/t11-,13-/m0/s1.